The first kappa shape index (κ1) is 13.3. The third-order valence-corrected chi connectivity index (χ3v) is 3.13. The zero-order chi connectivity index (χ0) is 13.8. The van der Waals surface area contributed by atoms with Crippen molar-refractivity contribution in [2.45, 2.75) is 25.8 Å². The summed E-state index contributed by atoms with van der Waals surface area (Å²) in [4.78, 5) is 35.6. The second-order valence-corrected chi connectivity index (χ2v) is 4.57. The molecule has 5 heteroatoms. The summed E-state index contributed by atoms with van der Waals surface area (Å²) in [6.45, 7) is 1.68. The van der Waals surface area contributed by atoms with Crippen LogP contribution in [0.2, 0.25) is 0 Å². The molecule has 2 rings (SSSR count). The Kier molecular flexibility index (Phi) is 3.94. The van der Waals surface area contributed by atoms with E-state index in [4.69, 9.17) is 0 Å². The van der Waals surface area contributed by atoms with Crippen LogP contribution in [0.5, 0.6) is 0 Å². The van der Waals surface area contributed by atoms with E-state index in [-0.39, 0.29) is 43.1 Å². The monoisotopic (exact) mass is 260 g/mol. The highest BCUT2D eigenvalue weighted by Gasteiger charge is 2.30. The van der Waals surface area contributed by atoms with Crippen LogP contribution in [0.25, 0.3) is 0 Å². The van der Waals surface area contributed by atoms with Crippen LogP contribution in [0.3, 0.4) is 0 Å². The number of benzene rings is 1. The second-order valence-electron chi connectivity index (χ2n) is 4.57. The molecule has 1 heterocycles. The molecule has 1 aliphatic rings. The lowest BCUT2D eigenvalue weighted by atomic mass is 10.1. The number of rotatable bonds is 4. The summed E-state index contributed by atoms with van der Waals surface area (Å²) in [7, 11) is 0. The van der Waals surface area contributed by atoms with E-state index in [0.717, 1.165) is 10.5 Å². The van der Waals surface area contributed by atoms with Gasteiger partial charge in [0.05, 0.1) is 6.04 Å². The summed E-state index contributed by atoms with van der Waals surface area (Å²) in [6.07, 6.45) is 0.417. The van der Waals surface area contributed by atoms with Crippen molar-refractivity contribution in [2.24, 2.45) is 0 Å². The van der Waals surface area contributed by atoms with E-state index in [9.17, 15) is 14.4 Å². The smallest absolute Gasteiger partial charge is 0.240 e. The quantitative estimate of drug-likeness (QED) is 0.822. The Labute approximate surface area is 111 Å². The van der Waals surface area contributed by atoms with Crippen molar-refractivity contribution in [3.63, 3.8) is 0 Å². The SMILES string of the molecule is C[C@@H](NC(=O)CN1C(=O)CCC1=O)c1ccccc1. The molecule has 100 valence electrons. The molecule has 0 radical (unpaired) electrons. The third-order valence-electron chi connectivity index (χ3n) is 3.13. The van der Waals surface area contributed by atoms with Crippen LogP contribution >= 0.6 is 0 Å². The molecule has 0 bridgehead atoms. The molecule has 1 atom stereocenters. The third kappa shape index (κ3) is 3.19. The number of carbonyl (C=O) groups excluding carboxylic acids is 3. The first-order valence-electron chi connectivity index (χ1n) is 6.25. The maximum absolute atomic E-state index is 11.8. The summed E-state index contributed by atoms with van der Waals surface area (Å²) in [6, 6.07) is 9.37. The van der Waals surface area contributed by atoms with Crippen LogP contribution in [0.15, 0.2) is 30.3 Å². The highest BCUT2D eigenvalue weighted by molar-refractivity contribution is 6.04. The van der Waals surface area contributed by atoms with Crippen molar-refractivity contribution in [2.75, 3.05) is 6.54 Å². The number of nitrogens with one attached hydrogen (secondary N) is 1. The molecule has 1 saturated heterocycles. The number of nitrogens with zero attached hydrogens (tertiary/aromatic N) is 1. The molecule has 1 fully saturated rings. The number of likely N-dealkylation sites (tertiary alicyclic amines) is 1. The first-order valence-corrected chi connectivity index (χ1v) is 6.25. The lowest BCUT2D eigenvalue weighted by molar-refractivity contribution is -0.142. The minimum Gasteiger partial charge on any atom is -0.348 e. The van der Waals surface area contributed by atoms with Crippen molar-refractivity contribution in [3.05, 3.63) is 35.9 Å². The molecule has 0 spiro atoms. The zero-order valence-corrected chi connectivity index (χ0v) is 10.8. The molecular formula is C14H16N2O3. The van der Waals surface area contributed by atoms with Crippen LogP contribution in [-0.2, 0) is 14.4 Å². The molecule has 0 saturated carbocycles. The first-order chi connectivity index (χ1) is 9.08. The van der Waals surface area contributed by atoms with Crippen LogP contribution < -0.4 is 5.32 Å². The predicted octanol–water partition coefficient (Wildman–Crippen LogP) is 1.01. The standard InChI is InChI=1S/C14H16N2O3/c1-10(11-5-3-2-4-6-11)15-12(17)9-16-13(18)7-8-14(16)19/h2-6,10H,7-9H2,1H3,(H,15,17)/t10-/m1/s1. The van der Waals surface area contributed by atoms with Crippen LogP contribution in [0.1, 0.15) is 31.4 Å². The average molecular weight is 260 g/mol. The summed E-state index contributed by atoms with van der Waals surface area (Å²) >= 11 is 0. The lowest BCUT2D eigenvalue weighted by Crippen LogP contribution is -2.40. The van der Waals surface area contributed by atoms with E-state index in [1.165, 1.54) is 0 Å². The van der Waals surface area contributed by atoms with Crippen molar-refractivity contribution < 1.29 is 14.4 Å². The van der Waals surface area contributed by atoms with Crippen LogP contribution in [-0.4, -0.2) is 29.2 Å². The van der Waals surface area contributed by atoms with Gasteiger partial charge in [0.2, 0.25) is 17.7 Å². The van der Waals surface area contributed by atoms with E-state index in [1.54, 1.807) is 0 Å². The number of carbonyl (C=O) groups is 3. The molecule has 0 unspecified atom stereocenters. The largest absolute Gasteiger partial charge is 0.348 e. The number of hydrogen-bond donors (Lipinski definition) is 1. The predicted molar refractivity (Wildman–Crippen MR) is 69.0 cm³/mol. The van der Waals surface area contributed by atoms with Gasteiger partial charge in [0, 0.05) is 12.8 Å². The van der Waals surface area contributed by atoms with E-state index in [1.807, 2.05) is 37.3 Å². The topological polar surface area (TPSA) is 66.5 Å². The maximum atomic E-state index is 11.8. The number of hydrogen-bond acceptors (Lipinski definition) is 3. The second kappa shape index (κ2) is 5.65. The van der Waals surface area contributed by atoms with Gasteiger partial charge in [-0.3, -0.25) is 19.3 Å². The maximum Gasteiger partial charge on any atom is 0.240 e. The summed E-state index contributed by atoms with van der Waals surface area (Å²) < 4.78 is 0. The van der Waals surface area contributed by atoms with E-state index in [2.05, 4.69) is 5.32 Å². The fourth-order valence-electron chi connectivity index (χ4n) is 2.06. The van der Waals surface area contributed by atoms with E-state index < -0.39 is 0 Å². The number of amides is 3. The Morgan fingerprint density at radius 1 is 1.21 bits per heavy atom. The Morgan fingerprint density at radius 2 is 1.79 bits per heavy atom. The van der Waals surface area contributed by atoms with Gasteiger partial charge in [-0.2, -0.15) is 0 Å². The van der Waals surface area contributed by atoms with Crippen molar-refractivity contribution in [1.29, 1.82) is 0 Å². The molecular weight excluding hydrogens is 244 g/mol. The lowest BCUT2D eigenvalue weighted by Gasteiger charge is -2.17. The van der Waals surface area contributed by atoms with E-state index in [0.29, 0.717) is 0 Å². The van der Waals surface area contributed by atoms with E-state index >= 15 is 0 Å². The normalized spacial score (nSPS) is 16.6. The molecule has 19 heavy (non-hydrogen) atoms. The Morgan fingerprint density at radius 3 is 2.37 bits per heavy atom. The fraction of sp³-hybridized carbons (Fsp3) is 0.357. The minimum atomic E-state index is -0.319. The summed E-state index contributed by atoms with van der Waals surface area (Å²) in [5.74, 6) is -0.861. The van der Waals surface area contributed by atoms with Crippen molar-refractivity contribution >= 4 is 17.7 Å². The van der Waals surface area contributed by atoms with Crippen LogP contribution in [0, 0.1) is 0 Å². The van der Waals surface area contributed by atoms with Gasteiger partial charge in [-0.25, -0.2) is 0 Å². The van der Waals surface area contributed by atoms with Crippen molar-refractivity contribution in [1.82, 2.24) is 10.2 Å². The Hall–Kier alpha value is -2.17. The van der Waals surface area contributed by atoms with Gasteiger partial charge in [-0.05, 0) is 12.5 Å². The summed E-state index contributed by atoms with van der Waals surface area (Å²) in [5, 5.41) is 2.78. The van der Waals surface area contributed by atoms with Gasteiger partial charge in [0.1, 0.15) is 6.54 Å². The van der Waals surface area contributed by atoms with Gasteiger partial charge in [0.15, 0.2) is 0 Å². The van der Waals surface area contributed by atoms with Gasteiger partial charge in [0.25, 0.3) is 0 Å². The summed E-state index contributed by atoms with van der Waals surface area (Å²) in [5.41, 5.74) is 0.981. The van der Waals surface area contributed by atoms with Gasteiger partial charge < -0.3 is 5.32 Å². The van der Waals surface area contributed by atoms with Crippen molar-refractivity contribution in [3.8, 4) is 0 Å². The Bertz CT molecular complexity index is 483. The van der Waals surface area contributed by atoms with Gasteiger partial charge >= 0.3 is 0 Å². The molecule has 1 aliphatic heterocycles. The average Bonchev–Trinajstić information content (AvgIpc) is 2.71. The molecule has 1 aromatic rings. The molecule has 1 N–H and O–H groups in total. The molecule has 5 nitrogen and oxygen atoms in total. The Balaban J connectivity index is 1.91. The van der Waals surface area contributed by atoms with Gasteiger partial charge in [-0.15, -0.1) is 0 Å². The molecule has 0 aliphatic carbocycles. The highest BCUT2D eigenvalue weighted by atomic mass is 16.2. The van der Waals surface area contributed by atoms with Gasteiger partial charge in [-0.1, -0.05) is 30.3 Å². The minimum absolute atomic E-state index is 0.151. The number of imide groups is 1. The fourth-order valence-corrected chi connectivity index (χ4v) is 2.06. The molecule has 1 aromatic carbocycles. The molecule has 3 amide bonds. The molecule has 0 aromatic heterocycles. The zero-order valence-electron chi connectivity index (χ0n) is 10.8. The van der Waals surface area contributed by atoms with Crippen LogP contribution in [0.4, 0.5) is 0 Å². The highest BCUT2D eigenvalue weighted by Crippen LogP contribution is 2.13.